The SMILES string of the molecule is CC[C@@H](NC(=S)Nc1ccc(C)c(N2CCCC2=O)c1)c1ccc(C)cc1C. The van der Waals surface area contributed by atoms with Crippen LogP contribution >= 0.6 is 12.2 Å². The number of carbonyl (C=O) groups excluding carboxylic acids is 1. The molecule has 2 aromatic rings. The molecular formula is C23H29N3OS. The van der Waals surface area contributed by atoms with Crippen molar-refractivity contribution in [2.75, 3.05) is 16.8 Å². The summed E-state index contributed by atoms with van der Waals surface area (Å²) in [5.74, 6) is 0.196. The molecule has 0 aliphatic carbocycles. The van der Waals surface area contributed by atoms with Crippen LogP contribution in [-0.2, 0) is 4.79 Å². The van der Waals surface area contributed by atoms with E-state index < -0.39 is 0 Å². The Bertz CT molecular complexity index is 893. The number of amides is 1. The first-order valence-electron chi connectivity index (χ1n) is 9.94. The van der Waals surface area contributed by atoms with Crippen molar-refractivity contribution < 1.29 is 4.79 Å². The molecule has 3 rings (SSSR count). The van der Waals surface area contributed by atoms with E-state index in [1.807, 2.05) is 30.0 Å². The molecule has 1 fully saturated rings. The highest BCUT2D eigenvalue weighted by atomic mass is 32.1. The average molecular weight is 396 g/mol. The molecule has 5 heteroatoms. The van der Waals surface area contributed by atoms with Gasteiger partial charge in [0.25, 0.3) is 0 Å². The van der Waals surface area contributed by atoms with Gasteiger partial charge in [-0.3, -0.25) is 4.79 Å². The summed E-state index contributed by atoms with van der Waals surface area (Å²) in [4.78, 5) is 14.0. The Morgan fingerprint density at radius 2 is 1.93 bits per heavy atom. The third-order valence-electron chi connectivity index (χ3n) is 5.35. The maximum atomic E-state index is 12.1. The largest absolute Gasteiger partial charge is 0.356 e. The molecule has 0 bridgehead atoms. The highest BCUT2D eigenvalue weighted by molar-refractivity contribution is 7.80. The standard InChI is InChI=1S/C23H29N3OS/c1-5-20(19-11-8-15(2)13-17(19)4)25-23(28)24-18-10-9-16(3)21(14-18)26-12-6-7-22(26)27/h8-11,13-14,20H,5-7,12H2,1-4H3,(H2,24,25,28)/t20-/m1/s1. The summed E-state index contributed by atoms with van der Waals surface area (Å²) in [5, 5.41) is 7.33. The fourth-order valence-electron chi connectivity index (χ4n) is 3.82. The fraction of sp³-hybridized carbons (Fsp3) is 0.391. The van der Waals surface area contributed by atoms with Crippen molar-refractivity contribution in [2.45, 2.75) is 53.0 Å². The Hall–Kier alpha value is -2.40. The molecule has 1 aliphatic rings. The van der Waals surface area contributed by atoms with Crippen LogP contribution in [-0.4, -0.2) is 17.6 Å². The lowest BCUT2D eigenvalue weighted by Crippen LogP contribution is -2.32. The van der Waals surface area contributed by atoms with Gasteiger partial charge in [0.05, 0.1) is 6.04 Å². The molecule has 0 spiro atoms. The lowest BCUT2D eigenvalue weighted by atomic mass is 9.98. The molecule has 1 aliphatic heterocycles. The van der Waals surface area contributed by atoms with Crippen LogP contribution in [0.3, 0.4) is 0 Å². The third-order valence-corrected chi connectivity index (χ3v) is 5.57. The van der Waals surface area contributed by atoms with Crippen LogP contribution in [0.2, 0.25) is 0 Å². The van der Waals surface area contributed by atoms with Crippen LogP contribution in [0.25, 0.3) is 0 Å². The van der Waals surface area contributed by atoms with Gasteiger partial charge in [-0.05, 0) is 74.7 Å². The number of rotatable bonds is 5. The number of thiocarbonyl (C=S) groups is 1. The van der Waals surface area contributed by atoms with Crippen LogP contribution in [0.5, 0.6) is 0 Å². The van der Waals surface area contributed by atoms with Crippen molar-refractivity contribution in [1.82, 2.24) is 5.32 Å². The Balaban J connectivity index is 1.72. The predicted molar refractivity (Wildman–Crippen MR) is 121 cm³/mol. The number of nitrogens with zero attached hydrogens (tertiary/aromatic N) is 1. The Morgan fingerprint density at radius 1 is 1.14 bits per heavy atom. The molecule has 0 unspecified atom stereocenters. The fourth-order valence-corrected chi connectivity index (χ4v) is 4.08. The average Bonchev–Trinajstić information content (AvgIpc) is 3.07. The molecule has 0 aromatic heterocycles. The first-order chi connectivity index (χ1) is 13.4. The topological polar surface area (TPSA) is 44.4 Å². The second-order valence-corrected chi connectivity index (χ2v) is 7.98. The minimum Gasteiger partial charge on any atom is -0.356 e. The van der Waals surface area contributed by atoms with E-state index in [-0.39, 0.29) is 11.9 Å². The normalized spacial score (nSPS) is 14.9. The molecule has 2 N–H and O–H groups in total. The van der Waals surface area contributed by atoms with Gasteiger partial charge in [-0.25, -0.2) is 0 Å². The summed E-state index contributed by atoms with van der Waals surface area (Å²) in [6.45, 7) is 9.23. The van der Waals surface area contributed by atoms with E-state index in [0.29, 0.717) is 11.5 Å². The minimum atomic E-state index is 0.158. The van der Waals surface area contributed by atoms with Gasteiger partial charge in [-0.2, -0.15) is 0 Å². The Kier molecular flexibility index (Phi) is 6.35. The van der Waals surface area contributed by atoms with E-state index in [9.17, 15) is 4.79 Å². The van der Waals surface area contributed by atoms with Crippen molar-refractivity contribution in [2.24, 2.45) is 0 Å². The van der Waals surface area contributed by atoms with Crippen LogP contribution < -0.4 is 15.5 Å². The summed E-state index contributed by atoms with van der Waals surface area (Å²) in [7, 11) is 0. The van der Waals surface area contributed by atoms with Gasteiger partial charge < -0.3 is 15.5 Å². The maximum Gasteiger partial charge on any atom is 0.227 e. The van der Waals surface area contributed by atoms with Crippen molar-refractivity contribution >= 4 is 34.6 Å². The van der Waals surface area contributed by atoms with Gasteiger partial charge in [0.15, 0.2) is 5.11 Å². The highest BCUT2D eigenvalue weighted by Crippen LogP contribution is 2.28. The highest BCUT2D eigenvalue weighted by Gasteiger charge is 2.23. The first kappa shape index (κ1) is 20.3. The molecule has 1 heterocycles. The summed E-state index contributed by atoms with van der Waals surface area (Å²) in [6.07, 6.45) is 2.49. The van der Waals surface area contributed by atoms with E-state index in [1.54, 1.807) is 0 Å². The summed E-state index contributed by atoms with van der Waals surface area (Å²) < 4.78 is 0. The zero-order chi connectivity index (χ0) is 20.3. The molecule has 1 saturated heterocycles. The number of aryl methyl sites for hydroxylation is 3. The molecule has 0 saturated carbocycles. The van der Waals surface area contributed by atoms with Crippen molar-refractivity contribution in [3.63, 3.8) is 0 Å². The van der Waals surface area contributed by atoms with Gasteiger partial charge >= 0.3 is 0 Å². The van der Waals surface area contributed by atoms with E-state index in [0.717, 1.165) is 36.3 Å². The maximum absolute atomic E-state index is 12.1. The number of hydrogen-bond donors (Lipinski definition) is 2. The zero-order valence-corrected chi connectivity index (χ0v) is 18.0. The first-order valence-corrected chi connectivity index (χ1v) is 10.4. The number of anilines is 2. The van der Waals surface area contributed by atoms with E-state index in [2.05, 4.69) is 49.6 Å². The summed E-state index contributed by atoms with van der Waals surface area (Å²) in [6, 6.07) is 12.7. The van der Waals surface area contributed by atoms with Gasteiger partial charge in [0, 0.05) is 24.3 Å². The zero-order valence-electron chi connectivity index (χ0n) is 17.1. The second-order valence-electron chi connectivity index (χ2n) is 7.57. The molecule has 2 aromatic carbocycles. The quantitative estimate of drug-likeness (QED) is 0.685. The lowest BCUT2D eigenvalue weighted by molar-refractivity contribution is -0.117. The predicted octanol–water partition coefficient (Wildman–Crippen LogP) is 5.18. The van der Waals surface area contributed by atoms with E-state index in [4.69, 9.17) is 12.2 Å². The van der Waals surface area contributed by atoms with Crippen molar-refractivity contribution in [3.05, 3.63) is 58.7 Å². The molecular weight excluding hydrogens is 366 g/mol. The van der Waals surface area contributed by atoms with Crippen LogP contribution in [0.4, 0.5) is 11.4 Å². The third kappa shape index (κ3) is 4.53. The number of carbonyl (C=O) groups is 1. The number of benzene rings is 2. The number of hydrogen-bond acceptors (Lipinski definition) is 2. The van der Waals surface area contributed by atoms with E-state index >= 15 is 0 Å². The second kappa shape index (κ2) is 8.74. The molecule has 148 valence electrons. The van der Waals surface area contributed by atoms with Crippen LogP contribution in [0.1, 0.15) is 54.5 Å². The van der Waals surface area contributed by atoms with Crippen LogP contribution in [0.15, 0.2) is 36.4 Å². The smallest absolute Gasteiger partial charge is 0.227 e. The molecule has 28 heavy (non-hydrogen) atoms. The van der Waals surface area contributed by atoms with Gasteiger partial charge in [0.2, 0.25) is 5.91 Å². The summed E-state index contributed by atoms with van der Waals surface area (Å²) >= 11 is 5.58. The van der Waals surface area contributed by atoms with Gasteiger partial charge in [0.1, 0.15) is 0 Å². The minimum absolute atomic E-state index is 0.158. The molecule has 4 nitrogen and oxygen atoms in total. The lowest BCUT2D eigenvalue weighted by Gasteiger charge is -2.23. The Labute approximate surface area is 173 Å². The Morgan fingerprint density at radius 3 is 2.57 bits per heavy atom. The van der Waals surface area contributed by atoms with Crippen molar-refractivity contribution in [1.29, 1.82) is 0 Å². The van der Waals surface area contributed by atoms with Crippen molar-refractivity contribution in [3.8, 4) is 0 Å². The monoisotopic (exact) mass is 395 g/mol. The molecule has 0 radical (unpaired) electrons. The number of nitrogens with one attached hydrogen (secondary N) is 2. The summed E-state index contributed by atoms with van der Waals surface area (Å²) in [5.41, 5.74) is 6.77. The van der Waals surface area contributed by atoms with Gasteiger partial charge in [-0.1, -0.05) is 36.8 Å². The van der Waals surface area contributed by atoms with E-state index in [1.165, 1.54) is 16.7 Å². The molecule has 1 atom stereocenters. The van der Waals surface area contributed by atoms with Crippen LogP contribution in [0, 0.1) is 20.8 Å². The molecule has 1 amide bonds. The van der Waals surface area contributed by atoms with Gasteiger partial charge in [-0.15, -0.1) is 0 Å².